The summed E-state index contributed by atoms with van der Waals surface area (Å²) < 4.78 is 0. The molecule has 1 aliphatic heterocycles. The molecule has 0 aromatic heterocycles. The van der Waals surface area contributed by atoms with E-state index in [1.54, 1.807) is 0 Å². The van der Waals surface area contributed by atoms with Crippen LogP contribution in [0.25, 0.3) is 0 Å². The number of hydrogen-bond acceptors (Lipinski definition) is 2. The van der Waals surface area contributed by atoms with E-state index in [2.05, 4.69) is 18.0 Å². The molecule has 62 valence electrons. The van der Waals surface area contributed by atoms with Crippen LogP contribution in [-0.2, 0) is 0 Å². The van der Waals surface area contributed by atoms with Crippen molar-refractivity contribution in [1.82, 2.24) is 0 Å². The van der Waals surface area contributed by atoms with Gasteiger partial charge in [-0.15, -0.1) is 0 Å². The van der Waals surface area contributed by atoms with E-state index in [1.807, 2.05) is 0 Å². The van der Waals surface area contributed by atoms with Gasteiger partial charge in [0, 0.05) is 0 Å². The van der Waals surface area contributed by atoms with Gasteiger partial charge in [0.1, 0.15) is 0 Å². The van der Waals surface area contributed by atoms with Crippen molar-refractivity contribution in [3.63, 3.8) is 0 Å². The summed E-state index contributed by atoms with van der Waals surface area (Å²) in [7, 11) is 0. The van der Waals surface area contributed by atoms with Crippen LogP contribution in [0, 0.1) is 0 Å². The summed E-state index contributed by atoms with van der Waals surface area (Å²) in [5.41, 5.74) is 5.54. The van der Waals surface area contributed by atoms with Crippen molar-refractivity contribution in [3.05, 3.63) is 0 Å². The van der Waals surface area contributed by atoms with E-state index in [1.165, 1.54) is 31.6 Å². The third kappa shape index (κ3) is 2.41. The van der Waals surface area contributed by atoms with Crippen LogP contribution in [0.5, 0.6) is 0 Å². The minimum atomic E-state index is -0.845. The zero-order valence-corrected chi connectivity index (χ0v) is 8.54. The third-order valence-electron chi connectivity index (χ3n) is 2.34. The number of rotatable bonds is 2. The van der Waals surface area contributed by atoms with Crippen LogP contribution in [0.2, 0.25) is 0 Å². The maximum absolute atomic E-state index is 5.54. The Morgan fingerprint density at radius 1 is 1.30 bits per heavy atom. The van der Waals surface area contributed by atoms with Gasteiger partial charge in [-0.1, -0.05) is 0 Å². The van der Waals surface area contributed by atoms with E-state index in [0.717, 1.165) is 5.88 Å². The molecule has 0 spiro atoms. The Hall–Kier alpha value is 0.740. The van der Waals surface area contributed by atoms with E-state index >= 15 is 0 Å². The average Bonchev–Trinajstić information content (AvgIpc) is 1.89. The quantitative estimate of drug-likeness (QED) is 0.519. The van der Waals surface area contributed by atoms with Crippen molar-refractivity contribution < 1.29 is 0 Å². The summed E-state index contributed by atoms with van der Waals surface area (Å²) >= 11 is 2.07. The van der Waals surface area contributed by atoms with Crippen LogP contribution in [0.4, 0.5) is 0 Å². The topological polar surface area (TPSA) is 26.0 Å². The van der Waals surface area contributed by atoms with Crippen molar-refractivity contribution in [1.29, 1.82) is 0 Å². The van der Waals surface area contributed by atoms with Gasteiger partial charge < -0.3 is 0 Å². The zero-order valence-electron chi connectivity index (χ0n) is 6.73. The molecule has 1 heterocycles. The number of hydrogen-bond donors (Lipinski definition) is 1. The first-order valence-corrected chi connectivity index (χ1v) is 8.73. The monoisotopic (exact) mass is 179 g/mol. The molecule has 10 heavy (non-hydrogen) atoms. The molecule has 3 heteroatoms. The summed E-state index contributed by atoms with van der Waals surface area (Å²) in [4.78, 5) is 0. The average molecular weight is 179 g/mol. The first-order valence-electron chi connectivity index (χ1n) is 4.11. The minimum absolute atomic E-state index is 0.845. The zero-order chi connectivity index (χ0) is 7.45. The Balaban J connectivity index is 2.32. The molecule has 0 atom stereocenters. The van der Waals surface area contributed by atoms with Crippen LogP contribution in [-0.4, -0.2) is 24.9 Å². The molecule has 0 bridgehead atoms. The molecule has 0 saturated carbocycles. The van der Waals surface area contributed by atoms with E-state index in [9.17, 15) is 0 Å². The van der Waals surface area contributed by atoms with Gasteiger partial charge in [-0.3, -0.25) is 0 Å². The SMILES string of the molecule is C[PH]1(SCN)CCCCC1. The second-order valence-corrected chi connectivity index (χ2v) is 11.7. The Morgan fingerprint density at radius 3 is 2.40 bits per heavy atom. The van der Waals surface area contributed by atoms with Crippen molar-refractivity contribution in [2.75, 3.05) is 24.9 Å². The van der Waals surface area contributed by atoms with Crippen LogP contribution in [0.3, 0.4) is 0 Å². The predicted molar refractivity (Wildman–Crippen MR) is 54.5 cm³/mol. The van der Waals surface area contributed by atoms with Gasteiger partial charge in [0.25, 0.3) is 0 Å². The summed E-state index contributed by atoms with van der Waals surface area (Å²) in [6.45, 7) is 1.64. The Morgan fingerprint density at radius 2 is 1.90 bits per heavy atom. The van der Waals surface area contributed by atoms with Crippen molar-refractivity contribution in [3.8, 4) is 0 Å². The second kappa shape index (κ2) is 3.94. The molecule has 1 rings (SSSR count). The predicted octanol–water partition coefficient (Wildman–Crippen LogP) is 2.11. The maximum atomic E-state index is 5.54. The van der Waals surface area contributed by atoms with Crippen molar-refractivity contribution >= 4 is 17.8 Å². The molecule has 0 aromatic rings. The molecule has 1 saturated heterocycles. The summed E-state index contributed by atoms with van der Waals surface area (Å²) in [6.07, 6.45) is 7.42. The normalized spacial score (nSPS) is 27.8. The van der Waals surface area contributed by atoms with E-state index in [-0.39, 0.29) is 0 Å². The molecule has 0 aliphatic carbocycles. The Kier molecular flexibility index (Phi) is 3.48. The van der Waals surface area contributed by atoms with Crippen LogP contribution < -0.4 is 5.73 Å². The third-order valence-corrected chi connectivity index (χ3v) is 9.84. The molecule has 0 unspecified atom stereocenters. The van der Waals surface area contributed by atoms with Crippen LogP contribution in [0.15, 0.2) is 0 Å². The van der Waals surface area contributed by atoms with Crippen LogP contribution in [0.1, 0.15) is 19.3 Å². The van der Waals surface area contributed by atoms with Gasteiger partial charge in [-0.05, 0) is 0 Å². The summed E-state index contributed by atoms with van der Waals surface area (Å²) in [5.74, 6) is 0.850. The van der Waals surface area contributed by atoms with E-state index < -0.39 is 6.46 Å². The van der Waals surface area contributed by atoms with Crippen LogP contribution >= 0.6 is 17.8 Å². The first-order chi connectivity index (χ1) is 4.77. The number of nitrogens with two attached hydrogens (primary N) is 1. The molecule has 0 amide bonds. The van der Waals surface area contributed by atoms with Gasteiger partial charge >= 0.3 is 67.7 Å². The fraction of sp³-hybridized carbons (Fsp3) is 1.00. The molecule has 1 fully saturated rings. The van der Waals surface area contributed by atoms with Gasteiger partial charge in [0.2, 0.25) is 0 Å². The van der Waals surface area contributed by atoms with E-state index in [4.69, 9.17) is 5.73 Å². The standard InChI is InChI=1S/C7H18NPS/c1-9(10-7-8)5-3-2-4-6-9/h9H,2-8H2,1H3. The summed E-state index contributed by atoms with van der Waals surface area (Å²) in [6, 6.07) is 0. The van der Waals surface area contributed by atoms with Gasteiger partial charge in [0.05, 0.1) is 0 Å². The van der Waals surface area contributed by atoms with Gasteiger partial charge in [-0.25, -0.2) is 0 Å². The molecule has 0 aromatic carbocycles. The van der Waals surface area contributed by atoms with Crippen molar-refractivity contribution in [2.24, 2.45) is 5.73 Å². The van der Waals surface area contributed by atoms with Crippen molar-refractivity contribution in [2.45, 2.75) is 19.3 Å². The Bertz CT molecular complexity index is 96.3. The molecular formula is C7H18NPS. The fourth-order valence-electron chi connectivity index (χ4n) is 1.65. The molecular weight excluding hydrogens is 161 g/mol. The van der Waals surface area contributed by atoms with Gasteiger partial charge in [-0.2, -0.15) is 0 Å². The second-order valence-electron chi connectivity index (χ2n) is 3.32. The summed E-state index contributed by atoms with van der Waals surface area (Å²) in [5, 5.41) is 0. The first kappa shape index (κ1) is 8.83. The molecule has 1 aliphatic rings. The van der Waals surface area contributed by atoms with Gasteiger partial charge in [0.15, 0.2) is 0 Å². The molecule has 0 radical (unpaired) electrons. The fourth-order valence-corrected chi connectivity index (χ4v) is 7.52. The Labute approximate surface area is 68.2 Å². The molecule has 1 nitrogen and oxygen atoms in total. The molecule has 2 N–H and O–H groups in total. The van der Waals surface area contributed by atoms with E-state index in [0.29, 0.717) is 0 Å².